The second-order valence-electron chi connectivity index (χ2n) is 5.50. The third kappa shape index (κ3) is 2.58. The van der Waals surface area contributed by atoms with E-state index in [4.69, 9.17) is 12.2 Å². The van der Waals surface area contributed by atoms with E-state index in [1.54, 1.807) is 11.8 Å². The van der Waals surface area contributed by atoms with Crippen molar-refractivity contribution in [1.29, 1.82) is 0 Å². The summed E-state index contributed by atoms with van der Waals surface area (Å²) < 4.78 is 14.0. The Balaban J connectivity index is 1.97. The highest BCUT2D eigenvalue weighted by Crippen LogP contribution is 2.24. The monoisotopic (exact) mass is 309 g/mol. The molecule has 3 N–H and O–H groups in total. The quantitative estimate of drug-likeness (QED) is 0.745. The molecule has 3 rings (SSSR count). The van der Waals surface area contributed by atoms with Gasteiger partial charge in [-0.15, -0.1) is 0 Å². The van der Waals surface area contributed by atoms with Crippen LogP contribution in [0.2, 0.25) is 0 Å². The predicted octanol–water partition coefficient (Wildman–Crippen LogP) is 2.21. The van der Waals surface area contributed by atoms with Crippen LogP contribution in [0.15, 0.2) is 12.1 Å². The maximum absolute atomic E-state index is 13.7. The van der Waals surface area contributed by atoms with Crippen LogP contribution in [0, 0.1) is 16.5 Å². The van der Waals surface area contributed by atoms with Crippen LogP contribution in [-0.2, 0) is 0 Å². The van der Waals surface area contributed by atoms with E-state index in [1.807, 2.05) is 0 Å². The van der Waals surface area contributed by atoms with Gasteiger partial charge in [0.2, 0.25) is 0 Å². The smallest absolute Gasteiger partial charge is 0.256 e. The standard InChI is InChI=1S/C14H16FN3O2S/c1-7(19)8-2-3-18(6-8)13(20)10-4-9(15)5-11-12(10)17-14(21)16-11/h4-5,7-8,19H,2-3,6H2,1H3,(H2,16,17,21). The van der Waals surface area contributed by atoms with Gasteiger partial charge in [0.25, 0.3) is 5.91 Å². The second-order valence-corrected chi connectivity index (χ2v) is 5.90. The minimum absolute atomic E-state index is 0.0720. The molecule has 1 amide bonds. The average Bonchev–Trinajstić information content (AvgIpc) is 3.02. The summed E-state index contributed by atoms with van der Waals surface area (Å²) in [6.45, 7) is 2.78. The molecule has 0 aliphatic carbocycles. The van der Waals surface area contributed by atoms with E-state index < -0.39 is 11.9 Å². The molecule has 2 aromatic rings. The minimum Gasteiger partial charge on any atom is -0.393 e. The molecule has 1 fully saturated rings. The van der Waals surface area contributed by atoms with E-state index in [1.165, 1.54) is 12.1 Å². The molecule has 1 aromatic carbocycles. The van der Waals surface area contributed by atoms with Crippen molar-refractivity contribution in [1.82, 2.24) is 14.9 Å². The Morgan fingerprint density at radius 2 is 2.29 bits per heavy atom. The van der Waals surface area contributed by atoms with E-state index >= 15 is 0 Å². The Kier molecular flexibility index (Phi) is 3.54. The number of amides is 1. The number of likely N-dealkylation sites (tertiary alicyclic amines) is 1. The maximum atomic E-state index is 13.7. The first-order chi connectivity index (χ1) is 9.95. The first-order valence-corrected chi connectivity index (χ1v) is 7.25. The molecular formula is C14H16FN3O2S. The lowest BCUT2D eigenvalue weighted by Crippen LogP contribution is -2.30. The first kappa shape index (κ1) is 14.2. The third-order valence-corrected chi connectivity index (χ3v) is 4.22. The summed E-state index contributed by atoms with van der Waals surface area (Å²) in [5.41, 5.74) is 1.27. The zero-order valence-corrected chi connectivity index (χ0v) is 12.3. The lowest BCUT2D eigenvalue weighted by molar-refractivity contribution is 0.0763. The average molecular weight is 309 g/mol. The number of fused-ring (bicyclic) bond motifs is 1. The molecule has 1 saturated heterocycles. The van der Waals surface area contributed by atoms with E-state index in [0.29, 0.717) is 28.9 Å². The molecule has 5 nitrogen and oxygen atoms in total. The van der Waals surface area contributed by atoms with Crippen LogP contribution in [0.3, 0.4) is 0 Å². The lowest BCUT2D eigenvalue weighted by atomic mass is 10.0. The number of aliphatic hydroxyl groups is 1. The van der Waals surface area contributed by atoms with Gasteiger partial charge in [-0.2, -0.15) is 0 Å². The minimum atomic E-state index is -0.484. The fourth-order valence-corrected chi connectivity index (χ4v) is 3.02. The number of halogens is 1. The van der Waals surface area contributed by atoms with E-state index in [2.05, 4.69) is 9.97 Å². The van der Waals surface area contributed by atoms with Gasteiger partial charge in [-0.1, -0.05) is 0 Å². The van der Waals surface area contributed by atoms with Crippen LogP contribution in [0.4, 0.5) is 4.39 Å². The van der Waals surface area contributed by atoms with Crippen molar-refractivity contribution in [2.45, 2.75) is 19.4 Å². The second kappa shape index (κ2) is 5.23. The van der Waals surface area contributed by atoms with Crippen LogP contribution in [0.1, 0.15) is 23.7 Å². The molecule has 1 aliphatic heterocycles. The Morgan fingerprint density at radius 3 is 2.95 bits per heavy atom. The molecule has 0 spiro atoms. The number of H-pyrrole nitrogens is 2. The molecule has 21 heavy (non-hydrogen) atoms. The number of imidazole rings is 1. The highest BCUT2D eigenvalue weighted by Gasteiger charge is 2.30. The molecule has 2 unspecified atom stereocenters. The number of nitrogens with zero attached hydrogens (tertiary/aromatic N) is 1. The molecule has 0 saturated carbocycles. The predicted molar refractivity (Wildman–Crippen MR) is 79.1 cm³/mol. The van der Waals surface area contributed by atoms with Crippen molar-refractivity contribution in [2.75, 3.05) is 13.1 Å². The number of hydrogen-bond acceptors (Lipinski definition) is 3. The largest absolute Gasteiger partial charge is 0.393 e. The normalized spacial score (nSPS) is 20.1. The number of carbonyl (C=O) groups excluding carboxylic acids is 1. The first-order valence-electron chi connectivity index (χ1n) is 6.84. The van der Waals surface area contributed by atoms with Crippen LogP contribution >= 0.6 is 12.2 Å². The Labute approximate surface area is 125 Å². The molecule has 1 aliphatic rings. The number of nitrogens with one attached hydrogen (secondary N) is 2. The highest BCUT2D eigenvalue weighted by atomic mass is 32.1. The van der Waals surface area contributed by atoms with Crippen molar-refractivity contribution in [2.24, 2.45) is 5.92 Å². The van der Waals surface area contributed by atoms with Crippen LogP contribution in [0.25, 0.3) is 11.0 Å². The molecule has 2 atom stereocenters. The van der Waals surface area contributed by atoms with E-state index in [0.717, 1.165) is 6.42 Å². The summed E-state index contributed by atoms with van der Waals surface area (Å²) in [6.07, 6.45) is 0.304. The number of aromatic nitrogens is 2. The SMILES string of the molecule is CC(O)C1CCN(C(=O)c2cc(F)cc3[nH]c(=S)[nH]c23)C1. The summed E-state index contributed by atoms with van der Waals surface area (Å²) in [4.78, 5) is 20.0. The number of carbonyl (C=O) groups is 1. The molecule has 0 bridgehead atoms. The summed E-state index contributed by atoms with van der Waals surface area (Å²) >= 11 is 5.00. The summed E-state index contributed by atoms with van der Waals surface area (Å²) in [6, 6.07) is 2.53. The van der Waals surface area contributed by atoms with Gasteiger partial charge in [0, 0.05) is 19.0 Å². The zero-order valence-electron chi connectivity index (χ0n) is 11.5. The highest BCUT2D eigenvalue weighted by molar-refractivity contribution is 7.71. The topological polar surface area (TPSA) is 72.1 Å². The Hall–Kier alpha value is -1.73. The van der Waals surface area contributed by atoms with Gasteiger partial charge in [-0.25, -0.2) is 4.39 Å². The van der Waals surface area contributed by atoms with Crippen molar-refractivity contribution < 1.29 is 14.3 Å². The van der Waals surface area contributed by atoms with Gasteiger partial charge < -0.3 is 20.0 Å². The van der Waals surface area contributed by atoms with Crippen LogP contribution in [0.5, 0.6) is 0 Å². The van der Waals surface area contributed by atoms with Crippen molar-refractivity contribution >= 4 is 29.2 Å². The van der Waals surface area contributed by atoms with Crippen LogP contribution in [-0.4, -0.2) is 45.1 Å². The number of rotatable bonds is 2. The van der Waals surface area contributed by atoms with Gasteiger partial charge in [0.05, 0.1) is 22.7 Å². The van der Waals surface area contributed by atoms with Gasteiger partial charge in [0.15, 0.2) is 4.77 Å². The number of benzene rings is 1. The molecule has 0 radical (unpaired) electrons. The van der Waals surface area contributed by atoms with E-state index in [-0.39, 0.29) is 17.4 Å². The molecule has 7 heteroatoms. The molecule has 2 heterocycles. The number of hydrogen-bond donors (Lipinski definition) is 3. The zero-order chi connectivity index (χ0) is 15.1. The summed E-state index contributed by atoms with van der Waals surface area (Å²) in [5, 5.41) is 9.62. The summed E-state index contributed by atoms with van der Waals surface area (Å²) in [5.74, 6) is -0.655. The van der Waals surface area contributed by atoms with Crippen LogP contribution < -0.4 is 0 Å². The molecular weight excluding hydrogens is 293 g/mol. The molecule has 112 valence electrons. The van der Waals surface area contributed by atoms with E-state index in [9.17, 15) is 14.3 Å². The Morgan fingerprint density at radius 1 is 1.52 bits per heavy atom. The van der Waals surface area contributed by atoms with Gasteiger partial charge >= 0.3 is 0 Å². The lowest BCUT2D eigenvalue weighted by Gasteiger charge is -2.18. The number of aliphatic hydroxyl groups excluding tert-OH is 1. The number of aromatic amines is 2. The van der Waals surface area contributed by atoms with Crippen molar-refractivity contribution in [3.05, 3.63) is 28.3 Å². The maximum Gasteiger partial charge on any atom is 0.256 e. The van der Waals surface area contributed by atoms with Crippen molar-refractivity contribution in [3.63, 3.8) is 0 Å². The van der Waals surface area contributed by atoms with Gasteiger partial charge in [-0.05, 0) is 37.7 Å². The van der Waals surface area contributed by atoms with Gasteiger partial charge in [-0.3, -0.25) is 4.79 Å². The fourth-order valence-electron chi connectivity index (χ4n) is 2.81. The van der Waals surface area contributed by atoms with Gasteiger partial charge in [0.1, 0.15) is 5.82 Å². The summed E-state index contributed by atoms with van der Waals surface area (Å²) in [7, 11) is 0. The fraction of sp³-hybridized carbons (Fsp3) is 0.429. The molecule has 1 aromatic heterocycles. The van der Waals surface area contributed by atoms with Crippen molar-refractivity contribution in [3.8, 4) is 0 Å². The third-order valence-electron chi connectivity index (χ3n) is 4.01. The Bertz CT molecular complexity index is 752.